The number of fused-ring (bicyclic) bond motifs is 3. The first-order chi connectivity index (χ1) is 19.6. The number of rotatable bonds is 5. The van der Waals surface area contributed by atoms with Gasteiger partial charge in [-0.2, -0.15) is 5.10 Å². The van der Waals surface area contributed by atoms with Crippen LogP contribution in [0, 0.1) is 6.92 Å². The van der Waals surface area contributed by atoms with Crippen LogP contribution in [0.25, 0.3) is 11.5 Å². The number of nitrogens with one attached hydrogen (secondary N) is 1. The van der Waals surface area contributed by atoms with Crippen LogP contribution in [-0.2, 0) is 11.3 Å². The Bertz CT molecular complexity index is 1670. The number of amides is 2. The monoisotopic (exact) mass is 531 g/mol. The maximum atomic E-state index is 14.2. The smallest absolute Gasteiger partial charge is 0.340 e. The fourth-order valence-electron chi connectivity index (χ4n) is 5.30. The second-order valence-corrected chi connectivity index (χ2v) is 9.58. The number of urea groups is 1. The van der Waals surface area contributed by atoms with Crippen LogP contribution in [0.4, 0.5) is 10.5 Å². The first-order valence-corrected chi connectivity index (χ1v) is 13.3. The molecular weight excluding hydrogens is 502 g/mol. The molecule has 0 radical (unpaired) electrons. The number of ether oxygens (including phenoxy) is 1. The largest absolute Gasteiger partial charge is 0.462 e. The number of anilines is 1. The van der Waals surface area contributed by atoms with Gasteiger partial charge in [0.25, 0.3) is 0 Å². The molecule has 2 amide bonds. The van der Waals surface area contributed by atoms with Crippen LogP contribution in [0.15, 0.2) is 103 Å². The fraction of sp³-hybridized carbons (Fsp3) is 0.156. The lowest BCUT2D eigenvalue weighted by Gasteiger charge is -2.31. The second-order valence-electron chi connectivity index (χ2n) is 9.58. The van der Waals surface area contributed by atoms with Crippen LogP contribution in [0.1, 0.15) is 45.8 Å². The Morgan fingerprint density at radius 1 is 0.925 bits per heavy atom. The lowest BCUT2D eigenvalue weighted by molar-refractivity contribution is 0.0527. The fourth-order valence-corrected chi connectivity index (χ4v) is 5.30. The summed E-state index contributed by atoms with van der Waals surface area (Å²) in [4.78, 5) is 28.6. The summed E-state index contributed by atoms with van der Waals surface area (Å²) < 4.78 is 9.29. The first kappa shape index (κ1) is 25.2. The molecule has 0 spiro atoms. The average Bonchev–Trinajstić information content (AvgIpc) is 3.54. The van der Waals surface area contributed by atoms with E-state index in [9.17, 15) is 9.59 Å². The minimum absolute atomic E-state index is 0.244. The van der Waals surface area contributed by atoms with Gasteiger partial charge >= 0.3 is 12.0 Å². The highest BCUT2D eigenvalue weighted by Crippen LogP contribution is 2.38. The summed E-state index contributed by atoms with van der Waals surface area (Å²) in [6.45, 7) is 4.28. The molecule has 0 aliphatic carbocycles. The molecule has 0 saturated heterocycles. The van der Waals surface area contributed by atoms with Gasteiger partial charge in [0.05, 0.1) is 47.5 Å². The maximum absolute atomic E-state index is 14.2. The van der Waals surface area contributed by atoms with Crippen molar-refractivity contribution in [2.24, 2.45) is 0 Å². The number of nitrogens with zero attached hydrogens (tertiary/aromatic N) is 4. The van der Waals surface area contributed by atoms with Gasteiger partial charge in [0.2, 0.25) is 0 Å². The van der Waals surface area contributed by atoms with E-state index < -0.39 is 12.0 Å². The van der Waals surface area contributed by atoms with Crippen LogP contribution < -0.4 is 5.32 Å². The van der Waals surface area contributed by atoms with Crippen molar-refractivity contribution >= 4 is 17.7 Å². The molecule has 1 N–H and O–H groups in total. The molecule has 3 heterocycles. The molecule has 0 fully saturated rings. The van der Waals surface area contributed by atoms with E-state index in [2.05, 4.69) is 9.88 Å². The number of para-hydroxylation sites is 2. The number of carbonyl (C=O) groups is 2. The highest BCUT2D eigenvalue weighted by atomic mass is 16.5. The molecule has 1 atom stereocenters. The Hall–Kier alpha value is -5.11. The Labute approximate surface area is 232 Å². The van der Waals surface area contributed by atoms with E-state index in [1.807, 2.05) is 90.6 Å². The highest BCUT2D eigenvalue weighted by molar-refractivity contribution is 6.01. The Kier molecular flexibility index (Phi) is 6.66. The zero-order valence-electron chi connectivity index (χ0n) is 22.3. The van der Waals surface area contributed by atoms with Crippen molar-refractivity contribution in [1.82, 2.24) is 19.2 Å². The number of benzene rings is 3. The number of carbonyl (C=O) groups excluding carboxylic acids is 2. The molecule has 2 aromatic heterocycles. The lowest BCUT2D eigenvalue weighted by Crippen LogP contribution is -2.38. The van der Waals surface area contributed by atoms with Crippen molar-refractivity contribution in [3.63, 3.8) is 0 Å². The van der Waals surface area contributed by atoms with Crippen LogP contribution in [0.2, 0.25) is 0 Å². The topological polar surface area (TPSA) is 81.4 Å². The van der Waals surface area contributed by atoms with E-state index in [4.69, 9.17) is 9.84 Å². The first-order valence-electron chi connectivity index (χ1n) is 13.3. The molecule has 0 saturated carbocycles. The predicted molar refractivity (Wildman–Crippen MR) is 153 cm³/mol. The van der Waals surface area contributed by atoms with Crippen LogP contribution >= 0.6 is 0 Å². The molecule has 3 aromatic carbocycles. The van der Waals surface area contributed by atoms with Gasteiger partial charge in [-0.1, -0.05) is 60.7 Å². The Morgan fingerprint density at radius 3 is 2.38 bits per heavy atom. The Morgan fingerprint density at radius 2 is 1.62 bits per heavy atom. The molecule has 200 valence electrons. The van der Waals surface area contributed by atoms with Gasteiger partial charge in [-0.15, -0.1) is 0 Å². The molecule has 1 aliphatic heterocycles. The zero-order valence-corrected chi connectivity index (χ0v) is 22.3. The minimum Gasteiger partial charge on any atom is -0.462 e. The third-order valence-electron chi connectivity index (χ3n) is 7.13. The number of aromatic nitrogens is 3. The van der Waals surface area contributed by atoms with Crippen molar-refractivity contribution in [2.75, 3.05) is 11.9 Å². The molecule has 8 nitrogen and oxygen atoms in total. The Balaban J connectivity index is 1.49. The SMILES string of the molecule is CCOC(=O)c1ccccc1NC(=O)N1Cc2c(C)nn(-c3ccccc3)c2-n2cccc2C1c1ccccc1. The quantitative estimate of drug-likeness (QED) is 0.271. The van der Waals surface area contributed by atoms with Gasteiger partial charge in [-0.05, 0) is 55.8 Å². The highest BCUT2D eigenvalue weighted by Gasteiger charge is 2.36. The molecule has 0 bridgehead atoms. The summed E-state index contributed by atoms with van der Waals surface area (Å²) in [5.41, 5.74) is 5.30. The van der Waals surface area contributed by atoms with Gasteiger partial charge in [0, 0.05) is 11.8 Å². The number of aryl methyl sites for hydroxylation is 1. The van der Waals surface area contributed by atoms with Gasteiger partial charge < -0.3 is 19.5 Å². The summed E-state index contributed by atoms with van der Waals surface area (Å²) in [7, 11) is 0. The summed E-state index contributed by atoms with van der Waals surface area (Å²) in [5, 5.41) is 7.90. The van der Waals surface area contributed by atoms with Gasteiger partial charge in [-0.25, -0.2) is 14.3 Å². The third kappa shape index (κ3) is 4.43. The van der Waals surface area contributed by atoms with E-state index in [0.29, 0.717) is 17.8 Å². The van der Waals surface area contributed by atoms with Crippen LogP contribution in [0.5, 0.6) is 0 Å². The molecule has 1 unspecified atom stereocenters. The van der Waals surface area contributed by atoms with Crippen molar-refractivity contribution in [2.45, 2.75) is 26.4 Å². The number of hydrogen-bond donors (Lipinski definition) is 1. The van der Waals surface area contributed by atoms with Gasteiger partial charge in [0.1, 0.15) is 5.82 Å². The van der Waals surface area contributed by atoms with Crippen LogP contribution in [-0.4, -0.2) is 37.9 Å². The molecule has 5 aromatic rings. The summed E-state index contributed by atoms with van der Waals surface area (Å²) in [6.07, 6.45) is 2.02. The number of hydrogen-bond acceptors (Lipinski definition) is 4. The molecule has 6 rings (SSSR count). The third-order valence-corrected chi connectivity index (χ3v) is 7.13. The zero-order chi connectivity index (χ0) is 27.6. The molecule has 40 heavy (non-hydrogen) atoms. The molecule has 1 aliphatic rings. The average molecular weight is 532 g/mol. The van der Waals surface area contributed by atoms with E-state index in [1.54, 1.807) is 36.1 Å². The van der Waals surface area contributed by atoms with Crippen molar-refractivity contribution in [3.05, 3.63) is 131 Å². The standard InChI is InChI=1S/C32H29N5O3/c1-3-40-31(38)25-17-10-11-18-27(25)33-32(39)36-21-26-22(2)34-37(24-15-8-5-9-16-24)30(26)35-20-12-19-28(35)29(36)23-13-6-4-7-14-23/h4-20,29H,3,21H2,1-2H3,(H,33,39). The van der Waals surface area contributed by atoms with Gasteiger partial charge in [0.15, 0.2) is 0 Å². The lowest BCUT2D eigenvalue weighted by atomic mass is 10.0. The van der Waals surface area contributed by atoms with Crippen molar-refractivity contribution in [3.8, 4) is 11.5 Å². The number of esters is 1. The second kappa shape index (κ2) is 10.6. The van der Waals surface area contributed by atoms with E-state index in [-0.39, 0.29) is 12.6 Å². The van der Waals surface area contributed by atoms with E-state index in [1.165, 1.54) is 0 Å². The van der Waals surface area contributed by atoms with Gasteiger partial charge in [-0.3, -0.25) is 0 Å². The van der Waals surface area contributed by atoms with Crippen LogP contribution in [0.3, 0.4) is 0 Å². The summed E-state index contributed by atoms with van der Waals surface area (Å²) in [6, 6.07) is 30.2. The van der Waals surface area contributed by atoms with Crippen molar-refractivity contribution in [1.29, 1.82) is 0 Å². The maximum Gasteiger partial charge on any atom is 0.340 e. The summed E-state index contributed by atoms with van der Waals surface area (Å²) in [5.74, 6) is 0.414. The normalized spacial score (nSPS) is 14.2. The minimum atomic E-state index is -0.481. The molecular formula is C32H29N5O3. The van der Waals surface area contributed by atoms with E-state index >= 15 is 0 Å². The van der Waals surface area contributed by atoms with E-state index in [0.717, 1.165) is 34.0 Å². The summed E-state index contributed by atoms with van der Waals surface area (Å²) >= 11 is 0. The van der Waals surface area contributed by atoms with Crippen molar-refractivity contribution < 1.29 is 14.3 Å². The predicted octanol–water partition coefficient (Wildman–Crippen LogP) is 6.29. The molecule has 8 heteroatoms.